The maximum atomic E-state index is 11.9. The third-order valence-electron chi connectivity index (χ3n) is 3.11. The summed E-state index contributed by atoms with van der Waals surface area (Å²) in [7, 11) is 0. The first-order valence-electron chi connectivity index (χ1n) is 7.13. The van der Waals surface area contributed by atoms with Gasteiger partial charge in [0.2, 0.25) is 0 Å². The standard InChI is InChI=1S/C16H14ClN3O5/c1-10(25-14-7-5-12(17)6-8-14)15(21)18-19-16(22)11-3-2-4-13(9-11)20(23)24/h2-10H,1H3,(H,18,21)(H,19,22). The molecule has 0 radical (unpaired) electrons. The van der Waals surface area contributed by atoms with Crippen molar-refractivity contribution in [1.82, 2.24) is 10.9 Å². The van der Waals surface area contributed by atoms with Crippen molar-refractivity contribution in [3.63, 3.8) is 0 Å². The van der Waals surface area contributed by atoms with Crippen LogP contribution in [0.2, 0.25) is 5.02 Å². The number of hydrogen-bond acceptors (Lipinski definition) is 5. The van der Waals surface area contributed by atoms with Gasteiger partial charge < -0.3 is 4.74 Å². The Kier molecular flexibility index (Phi) is 5.91. The van der Waals surface area contributed by atoms with Crippen LogP contribution < -0.4 is 15.6 Å². The summed E-state index contributed by atoms with van der Waals surface area (Å²) in [6.45, 7) is 1.50. The molecule has 0 aliphatic heterocycles. The van der Waals surface area contributed by atoms with Gasteiger partial charge in [0.05, 0.1) is 4.92 Å². The molecule has 0 aliphatic rings. The molecule has 0 aromatic heterocycles. The lowest BCUT2D eigenvalue weighted by Crippen LogP contribution is -2.47. The summed E-state index contributed by atoms with van der Waals surface area (Å²) in [6, 6.07) is 11.6. The van der Waals surface area contributed by atoms with Crippen LogP contribution in [0.5, 0.6) is 5.75 Å². The number of non-ortho nitro benzene ring substituents is 1. The third-order valence-corrected chi connectivity index (χ3v) is 3.37. The summed E-state index contributed by atoms with van der Waals surface area (Å²) in [5.41, 5.74) is 4.20. The molecule has 8 nitrogen and oxygen atoms in total. The van der Waals surface area contributed by atoms with Gasteiger partial charge in [0.25, 0.3) is 17.5 Å². The Hall–Kier alpha value is -3.13. The van der Waals surface area contributed by atoms with E-state index in [1.165, 1.54) is 25.1 Å². The fourth-order valence-corrected chi connectivity index (χ4v) is 1.95. The lowest BCUT2D eigenvalue weighted by atomic mass is 10.2. The molecule has 1 atom stereocenters. The summed E-state index contributed by atoms with van der Waals surface area (Å²) in [4.78, 5) is 34.0. The number of nitro benzene ring substituents is 1. The zero-order valence-electron chi connectivity index (χ0n) is 13.1. The van der Waals surface area contributed by atoms with E-state index in [-0.39, 0.29) is 11.3 Å². The molecule has 2 N–H and O–H groups in total. The highest BCUT2D eigenvalue weighted by Crippen LogP contribution is 2.16. The molecule has 2 aromatic carbocycles. The summed E-state index contributed by atoms with van der Waals surface area (Å²) < 4.78 is 5.41. The Bertz CT molecular complexity index is 795. The molecule has 9 heteroatoms. The lowest BCUT2D eigenvalue weighted by Gasteiger charge is -2.15. The average Bonchev–Trinajstić information content (AvgIpc) is 2.61. The smallest absolute Gasteiger partial charge is 0.279 e. The molecule has 2 rings (SSSR count). The molecule has 0 saturated carbocycles. The zero-order chi connectivity index (χ0) is 18.4. The molecule has 130 valence electrons. The molecule has 1 unspecified atom stereocenters. The molecule has 25 heavy (non-hydrogen) atoms. The predicted molar refractivity (Wildman–Crippen MR) is 90.2 cm³/mol. The van der Waals surface area contributed by atoms with Crippen molar-refractivity contribution in [3.05, 3.63) is 69.2 Å². The van der Waals surface area contributed by atoms with Gasteiger partial charge in [-0.05, 0) is 37.3 Å². The topological polar surface area (TPSA) is 111 Å². The van der Waals surface area contributed by atoms with Gasteiger partial charge in [-0.2, -0.15) is 0 Å². The fourth-order valence-electron chi connectivity index (χ4n) is 1.82. The third kappa shape index (κ3) is 5.18. The largest absolute Gasteiger partial charge is 0.481 e. The molecule has 0 spiro atoms. The van der Waals surface area contributed by atoms with Gasteiger partial charge in [0.15, 0.2) is 6.10 Å². The van der Waals surface area contributed by atoms with Crippen molar-refractivity contribution in [3.8, 4) is 5.75 Å². The number of nitrogens with zero attached hydrogens (tertiary/aromatic N) is 1. The van der Waals surface area contributed by atoms with Crippen LogP contribution in [0.25, 0.3) is 0 Å². The van der Waals surface area contributed by atoms with Crippen molar-refractivity contribution in [1.29, 1.82) is 0 Å². The maximum absolute atomic E-state index is 11.9. The van der Waals surface area contributed by atoms with Crippen LogP contribution in [0.1, 0.15) is 17.3 Å². The lowest BCUT2D eigenvalue weighted by molar-refractivity contribution is -0.384. The number of nitro groups is 1. The van der Waals surface area contributed by atoms with Gasteiger partial charge >= 0.3 is 0 Å². The van der Waals surface area contributed by atoms with Gasteiger partial charge in [-0.1, -0.05) is 17.7 Å². The quantitative estimate of drug-likeness (QED) is 0.626. The van der Waals surface area contributed by atoms with Crippen LogP contribution in [0.3, 0.4) is 0 Å². The number of amides is 2. The van der Waals surface area contributed by atoms with E-state index >= 15 is 0 Å². The molecule has 2 amide bonds. The maximum Gasteiger partial charge on any atom is 0.279 e. The van der Waals surface area contributed by atoms with Crippen molar-refractivity contribution >= 4 is 29.1 Å². The molecule has 0 fully saturated rings. The minimum atomic E-state index is -0.883. The monoisotopic (exact) mass is 363 g/mol. The van der Waals surface area contributed by atoms with E-state index in [0.717, 1.165) is 6.07 Å². The SMILES string of the molecule is CC(Oc1ccc(Cl)cc1)C(=O)NNC(=O)c1cccc([N+](=O)[O-])c1. The highest BCUT2D eigenvalue weighted by molar-refractivity contribution is 6.30. The molecule has 2 aromatic rings. The molecule has 0 heterocycles. The normalized spacial score (nSPS) is 11.3. The number of hydrogen-bond donors (Lipinski definition) is 2. The van der Waals surface area contributed by atoms with Crippen LogP contribution in [0.15, 0.2) is 48.5 Å². The summed E-state index contributed by atoms with van der Waals surface area (Å²) >= 11 is 5.76. The van der Waals surface area contributed by atoms with Crippen molar-refractivity contribution in [2.75, 3.05) is 0 Å². The minimum Gasteiger partial charge on any atom is -0.481 e. The van der Waals surface area contributed by atoms with E-state index in [2.05, 4.69) is 10.9 Å². The number of nitrogens with one attached hydrogen (secondary N) is 2. The number of ether oxygens (including phenoxy) is 1. The van der Waals surface area contributed by atoms with Gasteiger partial charge in [0, 0.05) is 22.7 Å². The fraction of sp³-hybridized carbons (Fsp3) is 0.125. The highest BCUT2D eigenvalue weighted by atomic mass is 35.5. The van der Waals surface area contributed by atoms with E-state index < -0.39 is 22.8 Å². The Morgan fingerprint density at radius 2 is 1.84 bits per heavy atom. The molecule has 0 aliphatic carbocycles. The first-order valence-corrected chi connectivity index (χ1v) is 7.51. The number of carbonyl (C=O) groups excluding carboxylic acids is 2. The van der Waals surface area contributed by atoms with Crippen LogP contribution in [-0.4, -0.2) is 22.8 Å². The highest BCUT2D eigenvalue weighted by Gasteiger charge is 2.17. The van der Waals surface area contributed by atoms with Crippen LogP contribution in [-0.2, 0) is 4.79 Å². The summed E-state index contributed by atoms with van der Waals surface area (Å²) in [5, 5.41) is 11.2. The predicted octanol–water partition coefficient (Wildman–Crippen LogP) is 2.48. The summed E-state index contributed by atoms with van der Waals surface area (Å²) in [5.74, 6) is -0.832. The molecule has 0 saturated heterocycles. The Morgan fingerprint density at radius 3 is 2.48 bits per heavy atom. The molecule has 0 bridgehead atoms. The van der Waals surface area contributed by atoms with E-state index in [1.807, 2.05) is 0 Å². The van der Waals surface area contributed by atoms with Crippen molar-refractivity contribution in [2.24, 2.45) is 0 Å². The second-order valence-electron chi connectivity index (χ2n) is 4.96. The van der Waals surface area contributed by atoms with Gasteiger partial charge in [0.1, 0.15) is 5.75 Å². The van der Waals surface area contributed by atoms with E-state index in [1.54, 1.807) is 24.3 Å². The first kappa shape index (κ1) is 18.2. The average molecular weight is 364 g/mol. The Morgan fingerprint density at radius 1 is 1.16 bits per heavy atom. The van der Waals surface area contributed by atoms with Gasteiger partial charge in [-0.25, -0.2) is 0 Å². The molecular weight excluding hydrogens is 350 g/mol. The van der Waals surface area contributed by atoms with Crippen molar-refractivity contribution in [2.45, 2.75) is 13.0 Å². The van der Waals surface area contributed by atoms with E-state index in [4.69, 9.17) is 16.3 Å². The van der Waals surface area contributed by atoms with Crippen LogP contribution >= 0.6 is 11.6 Å². The minimum absolute atomic E-state index is 0.0424. The second kappa shape index (κ2) is 8.11. The second-order valence-corrected chi connectivity index (χ2v) is 5.40. The Labute approximate surface area is 147 Å². The van der Waals surface area contributed by atoms with Crippen LogP contribution in [0.4, 0.5) is 5.69 Å². The van der Waals surface area contributed by atoms with Crippen molar-refractivity contribution < 1.29 is 19.2 Å². The number of benzene rings is 2. The zero-order valence-corrected chi connectivity index (χ0v) is 13.8. The van der Waals surface area contributed by atoms with E-state index in [9.17, 15) is 19.7 Å². The number of halogens is 1. The summed E-state index contributed by atoms with van der Waals surface area (Å²) in [6.07, 6.45) is -0.883. The number of carbonyl (C=O) groups is 2. The Balaban J connectivity index is 1.90. The van der Waals surface area contributed by atoms with E-state index in [0.29, 0.717) is 10.8 Å². The first-order chi connectivity index (χ1) is 11.9. The van der Waals surface area contributed by atoms with Gasteiger partial charge in [-0.3, -0.25) is 30.6 Å². The number of hydrazine groups is 1. The number of rotatable bonds is 5. The molecular formula is C16H14ClN3O5. The van der Waals surface area contributed by atoms with Gasteiger partial charge in [-0.15, -0.1) is 0 Å². The van der Waals surface area contributed by atoms with Crippen LogP contribution in [0, 0.1) is 10.1 Å².